The highest BCUT2D eigenvalue weighted by Crippen LogP contribution is 2.30. The van der Waals surface area contributed by atoms with Crippen molar-refractivity contribution >= 4 is 11.3 Å². The summed E-state index contributed by atoms with van der Waals surface area (Å²) in [6.45, 7) is 6.46. The molecule has 2 aromatic carbocycles. The van der Waals surface area contributed by atoms with Gasteiger partial charge < -0.3 is 5.32 Å². The van der Waals surface area contributed by atoms with Crippen LogP contribution >= 0.6 is 0 Å². The van der Waals surface area contributed by atoms with Crippen LogP contribution in [0.4, 0.5) is 10.1 Å². The molecule has 0 heterocycles. The Morgan fingerprint density at radius 1 is 1.09 bits per heavy atom. The van der Waals surface area contributed by atoms with Crippen LogP contribution in [0.25, 0.3) is 5.57 Å². The number of hydrogen-bond donors (Lipinski definition) is 1. The lowest BCUT2D eigenvalue weighted by Gasteiger charge is -2.17. The van der Waals surface area contributed by atoms with E-state index in [0.717, 1.165) is 24.1 Å². The second kappa shape index (κ2) is 8.52. The fourth-order valence-corrected chi connectivity index (χ4v) is 2.62. The molecule has 0 aliphatic rings. The lowest BCUT2D eigenvalue weighted by molar-refractivity contribution is 0.627. The molecule has 0 aliphatic heterocycles. The highest BCUT2D eigenvalue weighted by atomic mass is 19.1. The van der Waals surface area contributed by atoms with Gasteiger partial charge in [-0.15, -0.1) is 0 Å². The van der Waals surface area contributed by atoms with Crippen molar-refractivity contribution < 1.29 is 4.39 Å². The number of hydrogen-bond acceptors (Lipinski definition) is 1. The molecule has 0 bridgehead atoms. The Labute approximate surface area is 139 Å². The number of nitrogens with one attached hydrogen (secondary N) is 1. The van der Waals surface area contributed by atoms with Gasteiger partial charge in [-0.05, 0) is 49.6 Å². The number of halogens is 1. The van der Waals surface area contributed by atoms with Gasteiger partial charge in [0.2, 0.25) is 0 Å². The molecule has 0 radical (unpaired) electrons. The average Bonchev–Trinajstić information content (AvgIpc) is 2.53. The van der Waals surface area contributed by atoms with Gasteiger partial charge in [0.05, 0.1) is 0 Å². The van der Waals surface area contributed by atoms with Crippen LogP contribution in [0.1, 0.15) is 51.2 Å². The summed E-state index contributed by atoms with van der Waals surface area (Å²) in [7, 11) is 0. The molecule has 0 spiro atoms. The maximum absolute atomic E-state index is 13.3. The van der Waals surface area contributed by atoms with Gasteiger partial charge in [-0.3, -0.25) is 0 Å². The first-order chi connectivity index (χ1) is 11.1. The number of para-hydroxylation sites is 1. The lowest BCUT2D eigenvalue weighted by Crippen LogP contribution is -2.11. The zero-order valence-electron chi connectivity index (χ0n) is 14.3. The van der Waals surface area contributed by atoms with E-state index in [1.54, 1.807) is 0 Å². The van der Waals surface area contributed by atoms with Gasteiger partial charge in [-0.2, -0.15) is 0 Å². The van der Waals surface area contributed by atoms with E-state index >= 15 is 0 Å². The Hall–Kier alpha value is -2.09. The Kier molecular flexibility index (Phi) is 6.40. The molecular formula is C21H26FN. The van der Waals surface area contributed by atoms with E-state index < -0.39 is 0 Å². The average molecular weight is 311 g/mol. The van der Waals surface area contributed by atoms with E-state index in [4.69, 9.17) is 0 Å². The van der Waals surface area contributed by atoms with Crippen molar-refractivity contribution in [2.24, 2.45) is 0 Å². The van der Waals surface area contributed by atoms with Crippen LogP contribution in [0, 0.1) is 5.82 Å². The Bertz CT molecular complexity index is 641. The fourth-order valence-electron chi connectivity index (χ4n) is 2.62. The molecule has 1 N–H and O–H groups in total. The fraction of sp³-hybridized carbons (Fsp3) is 0.333. The van der Waals surface area contributed by atoms with E-state index in [9.17, 15) is 4.39 Å². The molecule has 0 unspecified atom stereocenters. The summed E-state index contributed by atoms with van der Waals surface area (Å²) in [5, 5.41) is 3.51. The van der Waals surface area contributed by atoms with Crippen LogP contribution in [0.2, 0.25) is 0 Å². The summed E-state index contributed by atoms with van der Waals surface area (Å²) in [5.74, 6) is -0.199. The summed E-state index contributed by atoms with van der Waals surface area (Å²) in [6, 6.07) is 15.5. The van der Waals surface area contributed by atoms with Crippen molar-refractivity contribution in [1.29, 1.82) is 0 Å². The molecule has 0 aromatic heterocycles. The predicted octanol–water partition coefficient (Wildman–Crippen LogP) is 6.27. The van der Waals surface area contributed by atoms with Crippen LogP contribution in [-0.4, -0.2) is 6.04 Å². The number of anilines is 1. The van der Waals surface area contributed by atoms with E-state index in [1.165, 1.54) is 29.7 Å². The molecule has 2 rings (SSSR count). The molecule has 2 aromatic rings. The topological polar surface area (TPSA) is 12.0 Å². The summed E-state index contributed by atoms with van der Waals surface area (Å²) < 4.78 is 13.3. The van der Waals surface area contributed by atoms with Gasteiger partial charge in [0.25, 0.3) is 0 Å². The van der Waals surface area contributed by atoms with Crippen LogP contribution < -0.4 is 5.32 Å². The number of allylic oxidation sites excluding steroid dienone is 1. The number of rotatable bonds is 7. The predicted molar refractivity (Wildman–Crippen MR) is 98.2 cm³/mol. The third-order valence-corrected chi connectivity index (χ3v) is 3.72. The minimum atomic E-state index is -0.199. The molecule has 2 heteroatoms. The third-order valence-electron chi connectivity index (χ3n) is 3.72. The van der Waals surface area contributed by atoms with Gasteiger partial charge in [0.1, 0.15) is 5.82 Å². The molecular weight excluding hydrogens is 285 g/mol. The van der Waals surface area contributed by atoms with Crippen molar-refractivity contribution in [3.05, 3.63) is 71.6 Å². The molecule has 0 saturated heterocycles. The van der Waals surface area contributed by atoms with Crippen LogP contribution in [0.3, 0.4) is 0 Å². The summed E-state index contributed by atoms with van der Waals surface area (Å²) >= 11 is 0. The van der Waals surface area contributed by atoms with Crippen LogP contribution in [0.5, 0.6) is 0 Å². The Morgan fingerprint density at radius 2 is 1.78 bits per heavy atom. The molecule has 1 nitrogen and oxygen atoms in total. The van der Waals surface area contributed by atoms with Crippen molar-refractivity contribution in [3.8, 4) is 0 Å². The smallest absolute Gasteiger partial charge is 0.123 e. The summed E-state index contributed by atoms with van der Waals surface area (Å²) in [6.07, 6.45) is 5.63. The second-order valence-electron chi connectivity index (χ2n) is 6.11. The zero-order chi connectivity index (χ0) is 16.7. The second-order valence-corrected chi connectivity index (χ2v) is 6.11. The first-order valence-corrected chi connectivity index (χ1v) is 8.44. The van der Waals surface area contributed by atoms with Gasteiger partial charge in [-0.25, -0.2) is 4.39 Å². The third kappa shape index (κ3) is 4.95. The molecule has 0 fully saturated rings. The molecule has 23 heavy (non-hydrogen) atoms. The van der Waals surface area contributed by atoms with Crippen molar-refractivity contribution in [3.63, 3.8) is 0 Å². The summed E-state index contributed by atoms with van der Waals surface area (Å²) in [5.41, 5.74) is 4.51. The lowest BCUT2D eigenvalue weighted by atomic mass is 9.94. The molecule has 0 aliphatic carbocycles. The van der Waals surface area contributed by atoms with Gasteiger partial charge >= 0.3 is 0 Å². The van der Waals surface area contributed by atoms with Crippen LogP contribution in [-0.2, 0) is 0 Å². The minimum Gasteiger partial charge on any atom is -0.382 e. The largest absolute Gasteiger partial charge is 0.382 e. The van der Waals surface area contributed by atoms with Crippen molar-refractivity contribution in [1.82, 2.24) is 0 Å². The van der Waals surface area contributed by atoms with Crippen molar-refractivity contribution in [2.45, 2.75) is 46.1 Å². The van der Waals surface area contributed by atoms with E-state index in [1.807, 2.05) is 18.2 Å². The summed E-state index contributed by atoms with van der Waals surface area (Å²) in [4.78, 5) is 0. The quantitative estimate of drug-likeness (QED) is 0.594. The zero-order valence-corrected chi connectivity index (χ0v) is 14.3. The SMILES string of the molecule is CCCC/C=C(\c1ccc(F)cc1)c1ccccc1NC(C)C. The first-order valence-electron chi connectivity index (χ1n) is 8.44. The van der Waals surface area contributed by atoms with E-state index in [-0.39, 0.29) is 5.82 Å². The monoisotopic (exact) mass is 311 g/mol. The molecule has 0 amide bonds. The van der Waals surface area contributed by atoms with Crippen LogP contribution in [0.15, 0.2) is 54.6 Å². The van der Waals surface area contributed by atoms with Gasteiger partial charge in [-0.1, -0.05) is 56.2 Å². The minimum absolute atomic E-state index is 0.199. The Morgan fingerprint density at radius 3 is 2.43 bits per heavy atom. The maximum atomic E-state index is 13.3. The molecule has 0 saturated carbocycles. The van der Waals surface area contributed by atoms with E-state index in [0.29, 0.717) is 6.04 Å². The first kappa shape index (κ1) is 17.3. The molecule has 0 atom stereocenters. The normalized spacial score (nSPS) is 11.8. The maximum Gasteiger partial charge on any atom is 0.123 e. The Balaban J connectivity index is 2.45. The number of benzene rings is 2. The standard InChI is InChI=1S/C21H26FN/c1-4-5-6-9-19(17-12-14-18(22)15-13-17)20-10-7-8-11-21(20)23-16(2)3/h7-16,23H,4-6H2,1-3H3/b19-9+. The van der Waals surface area contributed by atoms with Gasteiger partial charge in [0.15, 0.2) is 0 Å². The molecule has 122 valence electrons. The highest BCUT2D eigenvalue weighted by molar-refractivity contribution is 5.86. The van der Waals surface area contributed by atoms with Crippen molar-refractivity contribution in [2.75, 3.05) is 5.32 Å². The van der Waals surface area contributed by atoms with Gasteiger partial charge in [0, 0.05) is 17.3 Å². The van der Waals surface area contributed by atoms with E-state index in [2.05, 4.69) is 50.4 Å². The number of unbranched alkanes of at least 4 members (excludes halogenated alkanes) is 2. The highest BCUT2D eigenvalue weighted by Gasteiger charge is 2.10.